The third-order valence-corrected chi connectivity index (χ3v) is 5.61. The zero-order chi connectivity index (χ0) is 10.1. The van der Waals surface area contributed by atoms with E-state index in [9.17, 15) is 0 Å². The second-order valence-electron chi connectivity index (χ2n) is 4.32. The zero-order valence-electron chi connectivity index (χ0n) is 8.74. The molecule has 1 N–H and O–H groups in total. The molecule has 1 atom stereocenters. The number of nitrogens with zero attached hydrogens (tertiary/aromatic N) is 1. The molecule has 15 heavy (non-hydrogen) atoms. The fourth-order valence-corrected chi connectivity index (χ4v) is 4.42. The molecule has 0 amide bonds. The van der Waals surface area contributed by atoms with Crippen LogP contribution in [0.5, 0.6) is 0 Å². The molecule has 4 heteroatoms. The van der Waals surface area contributed by atoms with Crippen molar-refractivity contribution < 1.29 is 0 Å². The van der Waals surface area contributed by atoms with Crippen LogP contribution in [0.1, 0.15) is 41.1 Å². The third kappa shape index (κ3) is 2.08. The van der Waals surface area contributed by atoms with Crippen LogP contribution >= 0.6 is 23.1 Å². The van der Waals surface area contributed by atoms with Crippen LogP contribution in [-0.2, 0) is 0 Å². The Kier molecular flexibility index (Phi) is 2.99. The van der Waals surface area contributed by atoms with Crippen molar-refractivity contribution in [2.75, 3.05) is 18.8 Å². The van der Waals surface area contributed by atoms with Crippen molar-refractivity contribution in [1.82, 2.24) is 10.3 Å². The van der Waals surface area contributed by atoms with Gasteiger partial charge < -0.3 is 5.32 Å². The molecule has 0 spiro atoms. The second kappa shape index (κ2) is 4.44. The molecule has 3 rings (SSSR count). The number of hydrogen-bond donors (Lipinski definition) is 1. The largest absolute Gasteiger partial charge is 0.315 e. The van der Waals surface area contributed by atoms with Crippen molar-refractivity contribution in [2.24, 2.45) is 0 Å². The van der Waals surface area contributed by atoms with E-state index in [4.69, 9.17) is 4.98 Å². The average Bonchev–Trinajstić information content (AvgIpc) is 2.66. The van der Waals surface area contributed by atoms with Gasteiger partial charge in [-0.1, -0.05) is 6.42 Å². The van der Waals surface area contributed by atoms with Gasteiger partial charge in [0, 0.05) is 29.6 Å². The molecule has 1 aromatic heterocycles. The first kappa shape index (κ1) is 10.1. The van der Waals surface area contributed by atoms with Gasteiger partial charge in [0.25, 0.3) is 0 Å². The predicted molar refractivity (Wildman–Crippen MR) is 66.8 cm³/mol. The van der Waals surface area contributed by atoms with E-state index in [1.807, 2.05) is 11.3 Å². The summed E-state index contributed by atoms with van der Waals surface area (Å²) in [5.74, 6) is 2.03. The molecule has 82 valence electrons. The van der Waals surface area contributed by atoms with Gasteiger partial charge in [0.2, 0.25) is 0 Å². The first-order chi connectivity index (χ1) is 7.43. The summed E-state index contributed by atoms with van der Waals surface area (Å²) in [5.41, 5.74) is 1.35. The van der Waals surface area contributed by atoms with E-state index >= 15 is 0 Å². The van der Waals surface area contributed by atoms with Crippen LogP contribution in [0.4, 0.5) is 0 Å². The van der Waals surface area contributed by atoms with Crippen LogP contribution in [0.25, 0.3) is 0 Å². The predicted octanol–water partition coefficient (Wildman–Crippen LogP) is 2.79. The fourth-order valence-electron chi connectivity index (χ4n) is 2.07. The van der Waals surface area contributed by atoms with Gasteiger partial charge in [-0.3, -0.25) is 0 Å². The summed E-state index contributed by atoms with van der Waals surface area (Å²) in [7, 11) is 0. The van der Waals surface area contributed by atoms with Gasteiger partial charge in [-0.25, -0.2) is 4.98 Å². The molecule has 1 unspecified atom stereocenters. The topological polar surface area (TPSA) is 24.9 Å². The first-order valence-corrected chi connectivity index (χ1v) is 7.64. The Labute approximate surface area is 98.9 Å². The van der Waals surface area contributed by atoms with Gasteiger partial charge in [-0.15, -0.1) is 11.3 Å². The molecule has 3 heterocycles. The second-order valence-corrected chi connectivity index (χ2v) is 6.52. The Balaban J connectivity index is 1.71. The van der Waals surface area contributed by atoms with Crippen molar-refractivity contribution in [2.45, 2.75) is 30.4 Å². The van der Waals surface area contributed by atoms with Gasteiger partial charge in [-0.2, -0.15) is 11.8 Å². The highest BCUT2D eigenvalue weighted by Crippen LogP contribution is 2.39. The summed E-state index contributed by atoms with van der Waals surface area (Å²) in [4.78, 5) is 4.81. The Hall–Kier alpha value is -0.0600. The van der Waals surface area contributed by atoms with Crippen LogP contribution in [0, 0.1) is 0 Å². The van der Waals surface area contributed by atoms with E-state index < -0.39 is 0 Å². The van der Waals surface area contributed by atoms with Gasteiger partial charge in [-0.05, 0) is 18.6 Å². The summed E-state index contributed by atoms with van der Waals surface area (Å²) in [5, 5.41) is 7.65. The molecule has 0 aromatic carbocycles. The normalized spacial score (nSPS) is 27.6. The van der Waals surface area contributed by atoms with E-state index in [1.54, 1.807) is 0 Å². The number of rotatable bonds is 2. The van der Waals surface area contributed by atoms with E-state index in [1.165, 1.54) is 35.7 Å². The molecule has 0 aliphatic carbocycles. The van der Waals surface area contributed by atoms with Gasteiger partial charge in [0.15, 0.2) is 0 Å². The number of thioether (sulfide) groups is 1. The zero-order valence-corrected chi connectivity index (χ0v) is 10.4. The van der Waals surface area contributed by atoms with Crippen LogP contribution in [0.3, 0.4) is 0 Å². The Bertz CT molecular complexity index is 327. The maximum absolute atomic E-state index is 4.81. The summed E-state index contributed by atoms with van der Waals surface area (Å²) in [6.45, 7) is 2.26. The monoisotopic (exact) mass is 240 g/mol. The van der Waals surface area contributed by atoms with Gasteiger partial charge in [0.1, 0.15) is 0 Å². The van der Waals surface area contributed by atoms with E-state index in [0.29, 0.717) is 11.2 Å². The summed E-state index contributed by atoms with van der Waals surface area (Å²) in [6.07, 6.45) is 4.11. The Morgan fingerprint density at radius 2 is 2.27 bits per heavy atom. The molecule has 0 radical (unpaired) electrons. The maximum atomic E-state index is 4.81. The summed E-state index contributed by atoms with van der Waals surface area (Å²) >= 11 is 3.96. The lowest BCUT2D eigenvalue weighted by Gasteiger charge is -2.25. The minimum absolute atomic E-state index is 0.691. The average molecular weight is 240 g/mol. The minimum atomic E-state index is 0.691. The maximum Gasteiger partial charge on any atom is 0.0985 e. The first-order valence-electron chi connectivity index (χ1n) is 5.71. The molecule has 2 aliphatic heterocycles. The number of hydrogen-bond acceptors (Lipinski definition) is 4. The van der Waals surface area contributed by atoms with E-state index in [2.05, 4.69) is 22.5 Å². The quantitative estimate of drug-likeness (QED) is 0.860. The molecular formula is C11H16N2S2. The SMILES string of the molecule is c1sc(C2CNC2)nc1C1CCCCS1. The van der Waals surface area contributed by atoms with Crippen LogP contribution in [0.2, 0.25) is 0 Å². The summed E-state index contributed by atoms with van der Waals surface area (Å²) in [6, 6.07) is 0. The van der Waals surface area contributed by atoms with Crippen LogP contribution in [0.15, 0.2) is 5.38 Å². The lowest BCUT2D eigenvalue weighted by atomic mass is 10.1. The molecule has 2 aliphatic rings. The molecule has 1 aromatic rings. The molecule has 2 fully saturated rings. The van der Waals surface area contributed by atoms with Crippen molar-refractivity contribution in [3.05, 3.63) is 16.1 Å². The highest BCUT2D eigenvalue weighted by Gasteiger charge is 2.24. The number of nitrogens with one attached hydrogen (secondary N) is 1. The third-order valence-electron chi connectivity index (χ3n) is 3.18. The van der Waals surface area contributed by atoms with E-state index in [-0.39, 0.29) is 0 Å². The highest BCUT2D eigenvalue weighted by atomic mass is 32.2. The van der Waals surface area contributed by atoms with Crippen LogP contribution < -0.4 is 5.32 Å². The standard InChI is InChI=1S/C11H16N2S2/c1-2-4-14-10(3-1)9-7-15-11(13-9)8-5-12-6-8/h7-8,10,12H,1-6H2. The molecule has 0 bridgehead atoms. The van der Waals surface area contributed by atoms with Gasteiger partial charge in [0.05, 0.1) is 10.7 Å². The lowest BCUT2D eigenvalue weighted by Crippen LogP contribution is -2.39. The van der Waals surface area contributed by atoms with Crippen molar-refractivity contribution in [3.8, 4) is 0 Å². The Morgan fingerprint density at radius 3 is 2.93 bits per heavy atom. The minimum Gasteiger partial charge on any atom is -0.315 e. The lowest BCUT2D eigenvalue weighted by molar-refractivity contribution is 0.446. The van der Waals surface area contributed by atoms with Crippen molar-refractivity contribution in [3.63, 3.8) is 0 Å². The smallest absolute Gasteiger partial charge is 0.0985 e. The molecule has 2 saturated heterocycles. The molecule has 0 saturated carbocycles. The van der Waals surface area contributed by atoms with Crippen molar-refractivity contribution in [1.29, 1.82) is 0 Å². The fraction of sp³-hybridized carbons (Fsp3) is 0.727. The number of thiazole rings is 1. The van der Waals surface area contributed by atoms with Crippen LogP contribution in [-0.4, -0.2) is 23.8 Å². The number of aromatic nitrogens is 1. The van der Waals surface area contributed by atoms with Gasteiger partial charge >= 0.3 is 0 Å². The van der Waals surface area contributed by atoms with E-state index in [0.717, 1.165) is 13.1 Å². The summed E-state index contributed by atoms with van der Waals surface area (Å²) < 4.78 is 0. The highest BCUT2D eigenvalue weighted by molar-refractivity contribution is 7.99. The molecule has 2 nitrogen and oxygen atoms in total. The molecular weight excluding hydrogens is 224 g/mol. The Morgan fingerprint density at radius 1 is 1.33 bits per heavy atom. The van der Waals surface area contributed by atoms with Crippen molar-refractivity contribution >= 4 is 23.1 Å².